The van der Waals surface area contributed by atoms with Crippen LogP contribution in [0, 0.1) is 0 Å². The third kappa shape index (κ3) is 5.69. The molecule has 1 aromatic heterocycles. The molecule has 0 bridgehead atoms. The number of aromatic nitrogens is 1. The number of rotatable bonds is 7. The van der Waals surface area contributed by atoms with Gasteiger partial charge >= 0.3 is 0 Å². The van der Waals surface area contributed by atoms with Crippen LogP contribution in [0.3, 0.4) is 0 Å². The van der Waals surface area contributed by atoms with E-state index in [1.807, 2.05) is 37.3 Å². The number of carbonyl (C=O) groups excluding carboxylic acids is 2. The summed E-state index contributed by atoms with van der Waals surface area (Å²) in [4.78, 5) is 28.8. The Morgan fingerprint density at radius 3 is 2.43 bits per heavy atom. The summed E-state index contributed by atoms with van der Waals surface area (Å²) in [5.41, 5.74) is 2.92. The van der Waals surface area contributed by atoms with Crippen molar-refractivity contribution in [1.82, 2.24) is 4.98 Å². The maximum Gasteiger partial charge on any atom is 0.255 e. The van der Waals surface area contributed by atoms with E-state index < -0.39 is 0 Å². The van der Waals surface area contributed by atoms with Crippen molar-refractivity contribution in [2.24, 2.45) is 0 Å². The van der Waals surface area contributed by atoms with E-state index in [1.54, 1.807) is 60.6 Å². The Morgan fingerprint density at radius 2 is 1.68 bits per heavy atom. The van der Waals surface area contributed by atoms with Crippen LogP contribution in [0.2, 0.25) is 0 Å². The SMILES string of the molecule is CC(SCc1ccccc1)C(=O)Nc1cccc(C(=O)Nc2ccncc2)c1. The van der Waals surface area contributed by atoms with Crippen LogP contribution in [-0.2, 0) is 10.5 Å². The van der Waals surface area contributed by atoms with Crippen LogP contribution >= 0.6 is 11.8 Å². The third-order valence-corrected chi connectivity index (χ3v) is 5.26. The number of nitrogens with zero attached hydrogens (tertiary/aromatic N) is 1. The van der Waals surface area contributed by atoms with Crippen LogP contribution in [0.25, 0.3) is 0 Å². The number of nitrogens with one attached hydrogen (secondary N) is 2. The fourth-order valence-corrected chi connectivity index (χ4v) is 3.34. The van der Waals surface area contributed by atoms with E-state index in [0.29, 0.717) is 16.9 Å². The molecular formula is C22H21N3O2S. The molecule has 0 spiro atoms. The molecule has 1 unspecified atom stereocenters. The minimum absolute atomic E-state index is 0.0902. The average molecular weight is 391 g/mol. The first-order chi connectivity index (χ1) is 13.6. The maximum atomic E-state index is 12.5. The minimum atomic E-state index is -0.242. The molecule has 0 aliphatic carbocycles. The minimum Gasteiger partial charge on any atom is -0.325 e. The molecular weight excluding hydrogens is 370 g/mol. The second-order valence-corrected chi connectivity index (χ2v) is 7.53. The summed E-state index contributed by atoms with van der Waals surface area (Å²) in [6.07, 6.45) is 3.22. The average Bonchev–Trinajstić information content (AvgIpc) is 2.73. The number of hydrogen-bond acceptors (Lipinski definition) is 4. The quantitative estimate of drug-likeness (QED) is 0.618. The molecule has 142 valence electrons. The zero-order valence-corrected chi connectivity index (χ0v) is 16.3. The van der Waals surface area contributed by atoms with E-state index in [-0.39, 0.29) is 17.1 Å². The van der Waals surface area contributed by atoms with Gasteiger partial charge in [-0.15, -0.1) is 11.8 Å². The van der Waals surface area contributed by atoms with Gasteiger partial charge in [-0.1, -0.05) is 36.4 Å². The van der Waals surface area contributed by atoms with E-state index >= 15 is 0 Å². The summed E-state index contributed by atoms with van der Waals surface area (Å²) in [5.74, 6) is 0.436. The second-order valence-electron chi connectivity index (χ2n) is 6.20. The van der Waals surface area contributed by atoms with Crippen LogP contribution in [-0.4, -0.2) is 22.0 Å². The number of anilines is 2. The fourth-order valence-electron chi connectivity index (χ4n) is 2.49. The van der Waals surface area contributed by atoms with E-state index in [0.717, 1.165) is 5.75 Å². The lowest BCUT2D eigenvalue weighted by atomic mass is 10.2. The van der Waals surface area contributed by atoms with E-state index in [4.69, 9.17) is 0 Å². The van der Waals surface area contributed by atoms with Gasteiger partial charge in [0.1, 0.15) is 0 Å². The third-order valence-electron chi connectivity index (χ3n) is 4.04. The first-order valence-corrected chi connectivity index (χ1v) is 9.94. The van der Waals surface area contributed by atoms with Gasteiger partial charge in [-0.3, -0.25) is 14.6 Å². The molecule has 5 nitrogen and oxygen atoms in total. The van der Waals surface area contributed by atoms with Crippen molar-refractivity contribution < 1.29 is 9.59 Å². The maximum absolute atomic E-state index is 12.5. The zero-order chi connectivity index (χ0) is 19.8. The lowest BCUT2D eigenvalue weighted by Gasteiger charge is -2.13. The molecule has 1 atom stereocenters. The Labute approximate surface area is 168 Å². The first kappa shape index (κ1) is 19.6. The standard InChI is InChI=1S/C22H21N3O2S/c1-16(28-15-17-6-3-2-4-7-17)21(26)25-20-9-5-8-18(14-20)22(27)24-19-10-12-23-13-11-19/h2-14,16H,15H2,1H3,(H,25,26)(H,23,24,27). The predicted molar refractivity (Wildman–Crippen MR) is 114 cm³/mol. The van der Waals surface area contributed by atoms with Gasteiger partial charge in [-0.25, -0.2) is 0 Å². The van der Waals surface area contributed by atoms with Crippen molar-refractivity contribution in [1.29, 1.82) is 0 Å². The van der Waals surface area contributed by atoms with E-state index in [2.05, 4.69) is 15.6 Å². The number of carbonyl (C=O) groups is 2. The van der Waals surface area contributed by atoms with Crippen molar-refractivity contribution in [2.75, 3.05) is 10.6 Å². The summed E-state index contributed by atoms with van der Waals surface area (Å²) in [7, 11) is 0. The molecule has 6 heteroatoms. The molecule has 0 radical (unpaired) electrons. The molecule has 3 rings (SSSR count). The number of amides is 2. The Hall–Kier alpha value is -3.12. The van der Waals surface area contributed by atoms with Gasteiger partial charge in [-0.2, -0.15) is 0 Å². The second kappa shape index (κ2) is 9.71. The molecule has 2 aromatic carbocycles. The van der Waals surface area contributed by atoms with Crippen molar-refractivity contribution >= 4 is 35.0 Å². The van der Waals surface area contributed by atoms with Gasteiger partial charge in [0.15, 0.2) is 0 Å². The fraction of sp³-hybridized carbons (Fsp3) is 0.136. The largest absolute Gasteiger partial charge is 0.325 e. The van der Waals surface area contributed by atoms with Gasteiger partial charge in [0.25, 0.3) is 5.91 Å². The lowest BCUT2D eigenvalue weighted by molar-refractivity contribution is -0.115. The summed E-state index contributed by atoms with van der Waals surface area (Å²) in [5, 5.41) is 5.48. The highest BCUT2D eigenvalue weighted by atomic mass is 32.2. The summed E-state index contributed by atoms with van der Waals surface area (Å²) >= 11 is 1.57. The van der Waals surface area contributed by atoms with Crippen LogP contribution in [0.15, 0.2) is 79.1 Å². The van der Waals surface area contributed by atoms with Crippen LogP contribution in [0.4, 0.5) is 11.4 Å². The molecule has 2 amide bonds. The molecule has 1 heterocycles. The Kier molecular flexibility index (Phi) is 6.81. The van der Waals surface area contributed by atoms with Crippen molar-refractivity contribution in [3.63, 3.8) is 0 Å². The Morgan fingerprint density at radius 1 is 0.929 bits per heavy atom. The highest BCUT2D eigenvalue weighted by molar-refractivity contribution is 7.99. The van der Waals surface area contributed by atoms with Crippen LogP contribution in [0.5, 0.6) is 0 Å². The molecule has 0 saturated carbocycles. The van der Waals surface area contributed by atoms with Gasteiger partial charge < -0.3 is 10.6 Å². The summed E-state index contributed by atoms with van der Waals surface area (Å²) in [6.45, 7) is 1.88. The van der Waals surface area contributed by atoms with Crippen LogP contribution < -0.4 is 10.6 Å². The smallest absolute Gasteiger partial charge is 0.255 e. The number of pyridine rings is 1. The lowest BCUT2D eigenvalue weighted by Crippen LogP contribution is -2.23. The number of benzene rings is 2. The van der Waals surface area contributed by atoms with Crippen molar-refractivity contribution in [2.45, 2.75) is 17.9 Å². The zero-order valence-electron chi connectivity index (χ0n) is 15.5. The highest BCUT2D eigenvalue weighted by Gasteiger charge is 2.14. The summed E-state index contributed by atoms with van der Waals surface area (Å²) < 4.78 is 0. The molecule has 0 aliphatic rings. The highest BCUT2D eigenvalue weighted by Crippen LogP contribution is 2.20. The van der Waals surface area contributed by atoms with Crippen LogP contribution in [0.1, 0.15) is 22.8 Å². The van der Waals surface area contributed by atoms with Crippen molar-refractivity contribution in [3.8, 4) is 0 Å². The molecule has 3 aromatic rings. The van der Waals surface area contributed by atoms with Gasteiger partial charge in [0, 0.05) is 35.1 Å². The van der Waals surface area contributed by atoms with Gasteiger partial charge in [0.2, 0.25) is 5.91 Å². The molecule has 0 aliphatic heterocycles. The normalized spacial score (nSPS) is 11.5. The van der Waals surface area contributed by atoms with Crippen molar-refractivity contribution in [3.05, 3.63) is 90.3 Å². The van der Waals surface area contributed by atoms with Gasteiger partial charge in [0.05, 0.1) is 5.25 Å². The monoisotopic (exact) mass is 391 g/mol. The van der Waals surface area contributed by atoms with E-state index in [9.17, 15) is 9.59 Å². The van der Waals surface area contributed by atoms with E-state index in [1.165, 1.54) is 5.56 Å². The number of thioether (sulfide) groups is 1. The molecule has 2 N–H and O–H groups in total. The molecule has 0 fully saturated rings. The predicted octanol–water partition coefficient (Wildman–Crippen LogP) is 4.59. The summed E-state index contributed by atoms with van der Waals surface area (Å²) in [6, 6.07) is 20.4. The molecule has 0 saturated heterocycles. The topological polar surface area (TPSA) is 71.1 Å². The number of hydrogen-bond donors (Lipinski definition) is 2. The Balaban J connectivity index is 1.57. The molecule has 28 heavy (non-hydrogen) atoms. The first-order valence-electron chi connectivity index (χ1n) is 8.89. The van der Waals surface area contributed by atoms with Gasteiger partial charge in [-0.05, 0) is 42.8 Å². The Bertz CT molecular complexity index is 933.